The third-order valence-corrected chi connectivity index (χ3v) is 2.77. The molecule has 1 heteroatoms. The predicted molar refractivity (Wildman–Crippen MR) is 69.6 cm³/mol. The van der Waals surface area contributed by atoms with E-state index in [2.05, 4.69) is 32.6 Å². The zero-order valence-corrected chi connectivity index (χ0v) is 10.7. The molecule has 0 bridgehead atoms. The molecule has 1 aromatic rings. The molecule has 0 aliphatic heterocycles. The summed E-state index contributed by atoms with van der Waals surface area (Å²) < 4.78 is 5.79. The predicted octanol–water partition coefficient (Wildman–Crippen LogP) is 4.77. The Balaban J connectivity index is 2.25. The SMILES string of the molecule is C=CCCCCc1ccc(CCC(C)C)o1. The van der Waals surface area contributed by atoms with Crippen molar-refractivity contribution in [3.8, 4) is 0 Å². The van der Waals surface area contributed by atoms with Gasteiger partial charge in [-0.2, -0.15) is 0 Å². The van der Waals surface area contributed by atoms with Crippen LogP contribution in [0.1, 0.15) is 51.1 Å². The van der Waals surface area contributed by atoms with Gasteiger partial charge in [0.15, 0.2) is 0 Å². The first kappa shape index (κ1) is 13.1. The Labute approximate surface area is 99.6 Å². The van der Waals surface area contributed by atoms with Gasteiger partial charge in [-0.1, -0.05) is 19.9 Å². The number of unbranched alkanes of at least 4 members (excludes halogenated alkanes) is 2. The summed E-state index contributed by atoms with van der Waals surface area (Å²) in [4.78, 5) is 0. The zero-order chi connectivity index (χ0) is 11.8. The number of hydrogen-bond acceptors (Lipinski definition) is 1. The maximum absolute atomic E-state index is 5.79. The van der Waals surface area contributed by atoms with Crippen molar-refractivity contribution in [2.45, 2.75) is 52.4 Å². The van der Waals surface area contributed by atoms with Crippen LogP contribution < -0.4 is 0 Å². The highest BCUT2D eigenvalue weighted by atomic mass is 16.3. The van der Waals surface area contributed by atoms with Gasteiger partial charge in [0.1, 0.15) is 11.5 Å². The van der Waals surface area contributed by atoms with Gasteiger partial charge in [-0.3, -0.25) is 0 Å². The molecule has 0 saturated carbocycles. The fraction of sp³-hybridized carbons (Fsp3) is 0.600. The first-order chi connectivity index (χ1) is 7.72. The molecule has 1 nitrogen and oxygen atoms in total. The molecule has 0 amide bonds. The van der Waals surface area contributed by atoms with Crippen LogP contribution in [-0.2, 0) is 12.8 Å². The van der Waals surface area contributed by atoms with Crippen molar-refractivity contribution in [1.82, 2.24) is 0 Å². The van der Waals surface area contributed by atoms with E-state index < -0.39 is 0 Å². The normalized spacial score (nSPS) is 10.9. The molecule has 0 aliphatic rings. The minimum atomic E-state index is 0.751. The lowest BCUT2D eigenvalue weighted by atomic mass is 10.1. The largest absolute Gasteiger partial charge is 0.466 e. The molecule has 0 saturated heterocycles. The maximum atomic E-state index is 5.79. The summed E-state index contributed by atoms with van der Waals surface area (Å²) in [5.41, 5.74) is 0. The first-order valence-corrected chi connectivity index (χ1v) is 6.41. The van der Waals surface area contributed by atoms with E-state index in [0.717, 1.165) is 36.7 Å². The van der Waals surface area contributed by atoms with Crippen molar-refractivity contribution >= 4 is 0 Å². The standard InChI is InChI=1S/C15H24O/c1-4-5-6-7-8-14-11-12-15(16-14)10-9-13(2)3/h4,11-13H,1,5-10H2,2-3H3. The summed E-state index contributed by atoms with van der Waals surface area (Å²) in [6, 6.07) is 4.26. The highest BCUT2D eigenvalue weighted by Gasteiger charge is 2.03. The number of furan rings is 1. The molecule has 16 heavy (non-hydrogen) atoms. The van der Waals surface area contributed by atoms with E-state index in [1.807, 2.05) is 6.08 Å². The zero-order valence-electron chi connectivity index (χ0n) is 10.7. The third kappa shape index (κ3) is 5.20. The average molecular weight is 220 g/mol. The Bertz CT molecular complexity index is 296. The molecular formula is C15H24O. The summed E-state index contributed by atoms with van der Waals surface area (Å²) in [6.45, 7) is 8.23. The Morgan fingerprint density at radius 1 is 1.19 bits per heavy atom. The molecule has 0 spiro atoms. The van der Waals surface area contributed by atoms with E-state index in [9.17, 15) is 0 Å². The second-order valence-electron chi connectivity index (χ2n) is 4.84. The Morgan fingerprint density at radius 2 is 1.88 bits per heavy atom. The van der Waals surface area contributed by atoms with E-state index in [-0.39, 0.29) is 0 Å². The Morgan fingerprint density at radius 3 is 2.50 bits per heavy atom. The van der Waals surface area contributed by atoms with Crippen molar-refractivity contribution < 1.29 is 4.42 Å². The van der Waals surface area contributed by atoms with Crippen LogP contribution in [0.5, 0.6) is 0 Å². The van der Waals surface area contributed by atoms with Gasteiger partial charge in [0.05, 0.1) is 0 Å². The van der Waals surface area contributed by atoms with Gasteiger partial charge in [-0.25, -0.2) is 0 Å². The molecule has 0 fully saturated rings. The molecule has 1 aromatic heterocycles. The van der Waals surface area contributed by atoms with Crippen LogP contribution in [0.4, 0.5) is 0 Å². The first-order valence-electron chi connectivity index (χ1n) is 6.41. The highest BCUT2D eigenvalue weighted by Crippen LogP contribution is 2.15. The minimum absolute atomic E-state index is 0.751. The number of hydrogen-bond donors (Lipinski definition) is 0. The van der Waals surface area contributed by atoms with Crippen LogP contribution >= 0.6 is 0 Å². The molecular weight excluding hydrogens is 196 g/mol. The van der Waals surface area contributed by atoms with Crippen LogP contribution in [-0.4, -0.2) is 0 Å². The van der Waals surface area contributed by atoms with E-state index in [0.29, 0.717) is 0 Å². The molecule has 0 atom stereocenters. The van der Waals surface area contributed by atoms with Crippen LogP contribution in [0.25, 0.3) is 0 Å². The molecule has 1 rings (SSSR count). The van der Waals surface area contributed by atoms with Gasteiger partial charge in [0, 0.05) is 12.8 Å². The van der Waals surface area contributed by atoms with Crippen LogP contribution in [0.2, 0.25) is 0 Å². The lowest BCUT2D eigenvalue weighted by Gasteiger charge is -2.01. The molecule has 90 valence electrons. The highest BCUT2D eigenvalue weighted by molar-refractivity contribution is 5.07. The van der Waals surface area contributed by atoms with Gasteiger partial charge < -0.3 is 4.42 Å². The monoisotopic (exact) mass is 220 g/mol. The van der Waals surface area contributed by atoms with Crippen molar-refractivity contribution in [2.75, 3.05) is 0 Å². The smallest absolute Gasteiger partial charge is 0.104 e. The van der Waals surface area contributed by atoms with Gasteiger partial charge in [-0.15, -0.1) is 6.58 Å². The fourth-order valence-corrected chi connectivity index (χ4v) is 1.71. The Kier molecular flexibility index (Phi) is 5.99. The molecule has 0 N–H and O–H groups in total. The maximum Gasteiger partial charge on any atom is 0.104 e. The van der Waals surface area contributed by atoms with Crippen molar-refractivity contribution in [2.24, 2.45) is 5.92 Å². The summed E-state index contributed by atoms with van der Waals surface area (Å²) in [6.07, 6.45) is 8.86. The van der Waals surface area contributed by atoms with E-state index >= 15 is 0 Å². The van der Waals surface area contributed by atoms with Gasteiger partial charge >= 0.3 is 0 Å². The number of aryl methyl sites for hydroxylation is 2. The van der Waals surface area contributed by atoms with Crippen LogP contribution in [0, 0.1) is 5.92 Å². The fourth-order valence-electron chi connectivity index (χ4n) is 1.71. The lowest BCUT2D eigenvalue weighted by Crippen LogP contribution is -1.90. The van der Waals surface area contributed by atoms with Crippen LogP contribution in [0.3, 0.4) is 0 Å². The van der Waals surface area contributed by atoms with Gasteiger partial charge in [-0.05, 0) is 43.7 Å². The van der Waals surface area contributed by atoms with Crippen molar-refractivity contribution in [3.05, 3.63) is 36.3 Å². The number of rotatable bonds is 8. The number of allylic oxidation sites excluding steroid dienone is 1. The second kappa shape index (κ2) is 7.32. The second-order valence-corrected chi connectivity index (χ2v) is 4.84. The molecule has 0 aromatic carbocycles. The summed E-state index contributed by atoms with van der Waals surface area (Å²) in [5.74, 6) is 3.04. The molecule has 0 radical (unpaired) electrons. The summed E-state index contributed by atoms with van der Waals surface area (Å²) >= 11 is 0. The molecule has 0 unspecified atom stereocenters. The van der Waals surface area contributed by atoms with Crippen molar-refractivity contribution in [3.63, 3.8) is 0 Å². The third-order valence-electron chi connectivity index (χ3n) is 2.77. The van der Waals surface area contributed by atoms with Gasteiger partial charge in [0.2, 0.25) is 0 Å². The summed E-state index contributed by atoms with van der Waals surface area (Å²) in [7, 11) is 0. The molecule has 0 aliphatic carbocycles. The average Bonchev–Trinajstić information content (AvgIpc) is 2.70. The minimum Gasteiger partial charge on any atom is -0.466 e. The van der Waals surface area contributed by atoms with E-state index in [1.165, 1.54) is 19.3 Å². The van der Waals surface area contributed by atoms with E-state index in [4.69, 9.17) is 4.42 Å². The molecule has 1 heterocycles. The van der Waals surface area contributed by atoms with E-state index in [1.54, 1.807) is 0 Å². The Hall–Kier alpha value is -0.980. The lowest BCUT2D eigenvalue weighted by molar-refractivity contribution is 0.438. The quantitative estimate of drug-likeness (QED) is 0.454. The van der Waals surface area contributed by atoms with Crippen molar-refractivity contribution in [1.29, 1.82) is 0 Å². The van der Waals surface area contributed by atoms with Crippen LogP contribution in [0.15, 0.2) is 29.2 Å². The topological polar surface area (TPSA) is 13.1 Å². The summed E-state index contributed by atoms with van der Waals surface area (Å²) in [5, 5.41) is 0. The van der Waals surface area contributed by atoms with Gasteiger partial charge in [0.25, 0.3) is 0 Å².